The Labute approximate surface area is 118 Å². The van der Waals surface area contributed by atoms with Gasteiger partial charge in [0, 0.05) is 42.1 Å². The second-order valence-electron chi connectivity index (χ2n) is 5.00. The summed E-state index contributed by atoms with van der Waals surface area (Å²) in [7, 11) is 1.98. The van der Waals surface area contributed by atoms with Crippen LogP contribution >= 0.6 is 0 Å². The number of pyridine rings is 1. The lowest BCUT2D eigenvalue weighted by atomic mass is 10.1. The number of nitrogens with zero attached hydrogens (tertiary/aromatic N) is 3. The van der Waals surface area contributed by atoms with Crippen molar-refractivity contribution in [3.63, 3.8) is 0 Å². The van der Waals surface area contributed by atoms with Gasteiger partial charge < -0.3 is 5.32 Å². The van der Waals surface area contributed by atoms with Gasteiger partial charge >= 0.3 is 0 Å². The van der Waals surface area contributed by atoms with Crippen molar-refractivity contribution in [3.05, 3.63) is 53.5 Å². The molecule has 3 rings (SSSR count). The van der Waals surface area contributed by atoms with Crippen LogP contribution in [0, 0.1) is 13.8 Å². The molecule has 0 aliphatic rings. The van der Waals surface area contributed by atoms with Crippen molar-refractivity contribution in [3.8, 4) is 0 Å². The summed E-state index contributed by atoms with van der Waals surface area (Å²) in [5.41, 5.74) is 5.66. The van der Waals surface area contributed by atoms with Crippen molar-refractivity contribution in [2.45, 2.75) is 20.4 Å². The van der Waals surface area contributed by atoms with Crippen molar-refractivity contribution in [2.75, 3.05) is 5.32 Å². The lowest BCUT2D eigenvalue weighted by Crippen LogP contribution is -2.03. The van der Waals surface area contributed by atoms with Crippen LogP contribution in [-0.4, -0.2) is 14.8 Å². The fourth-order valence-corrected chi connectivity index (χ4v) is 2.51. The van der Waals surface area contributed by atoms with E-state index in [2.05, 4.69) is 35.3 Å². The maximum atomic E-state index is 4.45. The van der Waals surface area contributed by atoms with Crippen LogP contribution in [0.5, 0.6) is 0 Å². The summed E-state index contributed by atoms with van der Waals surface area (Å²) < 4.78 is 1.93. The molecule has 0 fully saturated rings. The zero-order chi connectivity index (χ0) is 14.1. The summed E-state index contributed by atoms with van der Waals surface area (Å²) in [5, 5.41) is 9.10. The quantitative estimate of drug-likeness (QED) is 0.791. The zero-order valence-corrected chi connectivity index (χ0v) is 12.0. The number of fused-ring (bicyclic) bond motifs is 1. The molecule has 0 radical (unpaired) electrons. The molecule has 0 bridgehead atoms. The number of hydrogen-bond acceptors (Lipinski definition) is 3. The molecule has 20 heavy (non-hydrogen) atoms. The van der Waals surface area contributed by atoms with Gasteiger partial charge in [0.2, 0.25) is 0 Å². The lowest BCUT2D eigenvalue weighted by molar-refractivity contribution is 0.730. The number of para-hydroxylation sites is 1. The Morgan fingerprint density at radius 3 is 2.70 bits per heavy atom. The molecule has 102 valence electrons. The molecule has 1 N–H and O–H groups in total. The first-order valence-corrected chi connectivity index (χ1v) is 6.73. The number of nitrogens with one attached hydrogen (secondary N) is 1. The Kier molecular flexibility index (Phi) is 3.14. The van der Waals surface area contributed by atoms with Crippen molar-refractivity contribution in [1.29, 1.82) is 0 Å². The van der Waals surface area contributed by atoms with Crippen LogP contribution in [0.2, 0.25) is 0 Å². The van der Waals surface area contributed by atoms with E-state index < -0.39 is 0 Å². The summed E-state index contributed by atoms with van der Waals surface area (Å²) >= 11 is 0. The second-order valence-corrected chi connectivity index (χ2v) is 5.00. The fraction of sp³-hybridized carbons (Fsp3) is 0.250. The highest BCUT2D eigenvalue weighted by Crippen LogP contribution is 2.22. The molecule has 1 aromatic carbocycles. The first-order chi connectivity index (χ1) is 9.66. The molecule has 0 amide bonds. The van der Waals surface area contributed by atoms with Crippen LogP contribution in [0.3, 0.4) is 0 Å². The summed E-state index contributed by atoms with van der Waals surface area (Å²) in [6.45, 7) is 4.93. The number of aryl methyl sites for hydroxylation is 2. The maximum absolute atomic E-state index is 4.45. The minimum Gasteiger partial charge on any atom is -0.380 e. The predicted octanol–water partition coefficient (Wildman–Crippen LogP) is 3.20. The third-order valence-corrected chi connectivity index (χ3v) is 3.76. The van der Waals surface area contributed by atoms with Gasteiger partial charge in [-0.2, -0.15) is 5.10 Å². The lowest BCUT2D eigenvalue weighted by Gasteiger charge is -2.09. The molecule has 0 aliphatic carbocycles. The van der Waals surface area contributed by atoms with Crippen LogP contribution in [0.4, 0.5) is 5.69 Å². The van der Waals surface area contributed by atoms with Crippen LogP contribution in [0.25, 0.3) is 10.9 Å². The Hall–Kier alpha value is -2.36. The highest BCUT2D eigenvalue weighted by atomic mass is 15.3. The van der Waals surface area contributed by atoms with E-state index in [1.807, 2.05) is 42.2 Å². The molecule has 4 nitrogen and oxygen atoms in total. The Morgan fingerprint density at radius 2 is 1.95 bits per heavy atom. The van der Waals surface area contributed by atoms with Gasteiger partial charge in [-0.15, -0.1) is 0 Å². The molecular formula is C16H18N4. The number of hydrogen-bond donors (Lipinski definition) is 1. The summed E-state index contributed by atoms with van der Waals surface area (Å²) in [6, 6.07) is 10.2. The molecule has 2 aromatic heterocycles. The zero-order valence-electron chi connectivity index (χ0n) is 12.0. The van der Waals surface area contributed by atoms with E-state index in [4.69, 9.17) is 0 Å². The average Bonchev–Trinajstić information content (AvgIpc) is 2.70. The molecule has 0 atom stereocenters. The van der Waals surface area contributed by atoms with Crippen molar-refractivity contribution in [1.82, 2.24) is 14.8 Å². The number of benzene rings is 1. The van der Waals surface area contributed by atoms with E-state index in [0.717, 1.165) is 28.8 Å². The third-order valence-electron chi connectivity index (χ3n) is 3.76. The first kappa shape index (κ1) is 12.7. The second kappa shape index (κ2) is 4.96. The van der Waals surface area contributed by atoms with Gasteiger partial charge in [0.05, 0.1) is 11.2 Å². The van der Waals surface area contributed by atoms with E-state index in [9.17, 15) is 0 Å². The van der Waals surface area contributed by atoms with Crippen molar-refractivity contribution in [2.24, 2.45) is 7.05 Å². The summed E-state index contributed by atoms with van der Waals surface area (Å²) in [5.74, 6) is 0. The van der Waals surface area contributed by atoms with Crippen LogP contribution in [0.15, 0.2) is 36.5 Å². The molecule has 0 saturated carbocycles. The minimum atomic E-state index is 0.777. The summed E-state index contributed by atoms with van der Waals surface area (Å²) in [6.07, 6.45) is 1.84. The Bertz CT molecular complexity index is 753. The SMILES string of the molecule is Cc1nn(C)c(C)c1CNc1ccnc2ccccc12. The predicted molar refractivity (Wildman–Crippen MR) is 81.8 cm³/mol. The number of aromatic nitrogens is 3. The van der Waals surface area contributed by atoms with Gasteiger partial charge in [0.15, 0.2) is 0 Å². The van der Waals surface area contributed by atoms with Gasteiger partial charge in [-0.3, -0.25) is 9.67 Å². The molecule has 2 heterocycles. The van der Waals surface area contributed by atoms with Gasteiger partial charge in [0.1, 0.15) is 0 Å². The fourth-order valence-electron chi connectivity index (χ4n) is 2.51. The van der Waals surface area contributed by atoms with Crippen molar-refractivity contribution < 1.29 is 0 Å². The summed E-state index contributed by atoms with van der Waals surface area (Å²) in [4.78, 5) is 4.38. The van der Waals surface area contributed by atoms with Crippen molar-refractivity contribution >= 4 is 16.6 Å². The maximum Gasteiger partial charge on any atom is 0.0722 e. The van der Waals surface area contributed by atoms with Crippen LogP contribution < -0.4 is 5.32 Å². The smallest absolute Gasteiger partial charge is 0.0722 e. The molecule has 0 aliphatic heterocycles. The number of rotatable bonds is 3. The minimum absolute atomic E-state index is 0.777. The number of anilines is 1. The molecule has 3 aromatic rings. The monoisotopic (exact) mass is 266 g/mol. The average molecular weight is 266 g/mol. The van der Waals surface area contributed by atoms with E-state index >= 15 is 0 Å². The molecular weight excluding hydrogens is 248 g/mol. The standard InChI is InChI=1S/C16H18N4/c1-11-14(12(2)20(3)19-11)10-18-16-8-9-17-15-7-5-4-6-13(15)16/h4-9H,10H2,1-3H3,(H,17,18). The van der Waals surface area contributed by atoms with Crippen LogP contribution in [0.1, 0.15) is 17.0 Å². The van der Waals surface area contributed by atoms with Crippen LogP contribution in [-0.2, 0) is 13.6 Å². The van der Waals surface area contributed by atoms with E-state index in [1.54, 1.807) is 0 Å². The third kappa shape index (κ3) is 2.13. The van der Waals surface area contributed by atoms with Gasteiger partial charge in [-0.25, -0.2) is 0 Å². The van der Waals surface area contributed by atoms with E-state index in [1.165, 1.54) is 11.3 Å². The molecule has 4 heteroatoms. The Morgan fingerprint density at radius 1 is 1.15 bits per heavy atom. The highest BCUT2D eigenvalue weighted by molar-refractivity contribution is 5.90. The van der Waals surface area contributed by atoms with Gasteiger partial charge in [0.25, 0.3) is 0 Å². The van der Waals surface area contributed by atoms with E-state index in [-0.39, 0.29) is 0 Å². The first-order valence-electron chi connectivity index (χ1n) is 6.73. The molecule has 0 unspecified atom stereocenters. The highest BCUT2D eigenvalue weighted by Gasteiger charge is 2.09. The Balaban J connectivity index is 1.91. The topological polar surface area (TPSA) is 42.7 Å². The molecule has 0 spiro atoms. The van der Waals surface area contributed by atoms with Gasteiger partial charge in [-0.1, -0.05) is 18.2 Å². The largest absolute Gasteiger partial charge is 0.380 e. The molecule has 0 saturated heterocycles. The normalized spacial score (nSPS) is 10.9. The van der Waals surface area contributed by atoms with Gasteiger partial charge in [-0.05, 0) is 26.0 Å². The van der Waals surface area contributed by atoms with E-state index in [0.29, 0.717) is 0 Å².